The molecule has 0 unspecified atom stereocenters. The second kappa shape index (κ2) is 65.5. The molecule has 46 nitrogen and oxygen atoms in total. The molecule has 1 aromatic rings. The summed E-state index contributed by atoms with van der Waals surface area (Å²) in [6, 6.07) is -0.715. The number of ether oxygens (including phenoxy) is 10. The van der Waals surface area contributed by atoms with Gasteiger partial charge in [-0.25, -0.2) is 0 Å². The molecule has 0 bridgehead atoms. The Hall–Kier alpha value is -11.6. The summed E-state index contributed by atoms with van der Waals surface area (Å²) < 4.78 is 56.1. The van der Waals surface area contributed by atoms with E-state index in [-0.39, 0.29) is 169 Å². The number of hydrogen-bond acceptors (Lipinski definition) is 34. The highest BCUT2D eigenvalue weighted by Gasteiger charge is 2.38. The molecule has 0 radical (unpaired) electrons. The van der Waals surface area contributed by atoms with Gasteiger partial charge in [0.05, 0.1) is 65.5 Å². The fourth-order valence-electron chi connectivity index (χ4n) is 14.3. The maximum atomic E-state index is 14.4. The molecule has 6 atom stereocenters. The van der Waals surface area contributed by atoms with Gasteiger partial charge >= 0.3 is 53.7 Å². The first-order valence-corrected chi connectivity index (χ1v) is 51.1. The van der Waals surface area contributed by atoms with Crippen LogP contribution in [0.5, 0.6) is 0 Å². The van der Waals surface area contributed by atoms with Crippen LogP contribution in [0, 0.1) is 6.92 Å². The lowest BCUT2D eigenvalue weighted by Crippen LogP contribution is -2.57. The van der Waals surface area contributed by atoms with Crippen molar-refractivity contribution in [3.63, 3.8) is 0 Å². The van der Waals surface area contributed by atoms with Crippen LogP contribution in [0.25, 0.3) is 0 Å². The number of nitrogens with zero attached hydrogens (tertiary/aromatic N) is 4. The number of carboxylic acid groups (broad SMARTS) is 1. The van der Waals surface area contributed by atoms with Crippen LogP contribution in [0.15, 0.2) is 24.3 Å². The molecule has 1 aliphatic heterocycles. The normalized spacial score (nSPS) is 14.7. The Morgan fingerprint density at radius 2 is 0.624 bits per heavy atom. The summed E-state index contributed by atoms with van der Waals surface area (Å²) in [4.78, 5) is 276. The summed E-state index contributed by atoms with van der Waals surface area (Å²) in [5, 5.41) is 37.2. The Kier molecular flexibility index (Phi) is 58.6. The largest absolute Gasteiger partial charge is 0.481 e. The number of esters is 8. The summed E-state index contributed by atoms with van der Waals surface area (Å²) in [5.74, 6) is -15.1. The van der Waals surface area contributed by atoms with Crippen molar-refractivity contribution in [1.82, 2.24) is 78.1 Å². The summed E-state index contributed by atoms with van der Waals surface area (Å²) in [6.45, 7) is 40.0. The minimum atomic E-state index is -1.66. The molecule has 2 rings (SSSR count). The fraction of sp³-hybridized carbons (Fsp3) is 0.748. The van der Waals surface area contributed by atoms with Gasteiger partial charge in [-0.1, -0.05) is 29.8 Å². The number of unbranched alkanes of at least 4 members (excludes halogenated alkanes) is 1. The Balaban J connectivity index is 2.33. The van der Waals surface area contributed by atoms with E-state index in [9.17, 15) is 101 Å². The predicted molar refractivity (Wildman–Crippen MR) is 547 cm³/mol. The second-order valence-electron chi connectivity index (χ2n) is 44.5. The predicted octanol–water partition coefficient (Wildman–Crippen LogP) is 3.34. The van der Waals surface area contributed by atoms with Crippen molar-refractivity contribution < 1.29 is 148 Å². The molecular weight excluding hydrogens is 1940 g/mol. The van der Waals surface area contributed by atoms with Crippen LogP contribution >= 0.6 is 0 Å². The van der Waals surface area contributed by atoms with E-state index in [4.69, 9.17) is 47.4 Å². The third-order valence-corrected chi connectivity index (χ3v) is 20.7. The van der Waals surface area contributed by atoms with Crippen molar-refractivity contribution in [2.45, 2.75) is 363 Å². The fourth-order valence-corrected chi connectivity index (χ4v) is 14.3. The van der Waals surface area contributed by atoms with Crippen LogP contribution in [0.1, 0.15) is 280 Å². The molecule has 1 fully saturated rings. The second-order valence-corrected chi connectivity index (χ2v) is 44.5. The van der Waals surface area contributed by atoms with E-state index in [1.165, 1.54) is 0 Å². The number of aliphatic carboxylic acids is 1. The van der Waals surface area contributed by atoms with Gasteiger partial charge in [0.2, 0.25) is 65.0 Å². The van der Waals surface area contributed by atoms with Gasteiger partial charge in [0.15, 0.2) is 0 Å². The van der Waals surface area contributed by atoms with E-state index in [0.717, 1.165) is 11.1 Å². The Morgan fingerprint density at radius 3 is 1.01 bits per heavy atom. The number of nitrogens with one attached hydrogen (secondary N) is 11. The Morgan fingerprint density at radius 1 is 0.295 bits per heavy atom. The maximum absolute atomic E-state index is 14.4. The van der Waals surface area contributed by atoms with Crippen LogP contribution in [0.2, 0.25) is 0 Å². The summed E-state index contributed by atoms with van der Waals surface area (Å²) in [7, 11) is 0. The van der Waals surface area contributed by atoms with Crippen molar-refractivity contribution in [2.24, 2.45) is 0 Å². The van der Waals surface area contributed by atoms with Crippen LogP contribution in [0.3, 0.4) is 0 Å². The van der Waals surface area contributed by atoms with Gasteiger partial charge in [0, 0.05) is 111 Å². The molecule has 11 amide bonds. The lowest BCUT2D eigenvalue weighted by atomic mass is 10.0. The zero-order valence-electron chi connectivity index (χ0n) is 92.6. The van der Waals surface area contributed by atoms with Crippen molar-refractivity contribution in [3.8, 4) is 0 Å². The number of carboxylic acids is 1. The number of aryl methyl sites for hydroxylation is 2. The molecule has 0 aliphatic carbocycles. The number of hydrogen-bond donors (Lipinski definition) is 12. The maximum Gasteiger partial charge on any atom is 0.323 e. The molecule has 1 aliphatic rings. The van der Waals surface area contributed by atoms with E-state index < -0.39 is 265 Å². The van der Waals surface area contributed by atoms with Gasteiger partial charge < -0.3 is 111 Å². The molecule has 0 aromatic heterocycles. The molecule has 0 spiro atoms. The van der Waals surface area contributed by atoms with Crippen LogP contribution < -0.4 is 58.5 Å². The van der Waals surface area contributed by atoms with Crippen LogP contribution in [0.4, 0.5) is 0 Å². The van der Waals surface area contributed by atoms with E-state index >= 15 is 0 Å². The van der Waals surface area contributed by atoms with E-state index in [2.05, 4.69) is 58.5 Å². The van der Waals surface area contributed by atoms with Crippen molar-refractivity contribution in [1.29, 1.82) is 0 Å². The Bertz CT molecular complexity index is 4470. The monoisotopic (exact) mass is 2120 g/mol. The highest BCUT2D eigenvalue weighted by atomic mass is 16.6. The molecule has 1 saturated heterocycles. The van der Waals surface area contributed by atoms with Crippen molar-refractivity contribution >= 4 is 119 Å². The van der Waals surface area contributed by atoms with Gasteiger partial charge in [-0.2, -0.15) is 0 Å². The molecule has 846 valence electrons. The molecule has 149 heavy (non-hydrogen) atoms. The molecular formula is C103H173N15O31. The first-order valence-electron chi connectivity index (χ1n) is 51.1. The van der Waals surface area contributed by atoms with E-state index in [0.29, 0.717) is 12.8 Å². The Labute approximate surface area is 877 Å². The number of amides is 11. The van der Waals surface area contributed by atoms with Gasteiger partial charge in [0.1, 0.15) is 87.7 Å². The average Bonchev–Trinajstić information content (AvgIpc) is 0.839. The third kappa shape index (κ3) is 68.7. The first-order chi connectivity index (χ1) is 68.9. The summed E-state index contributed by atoms with van der Waals surface area (Å²) >= 11 is 0. The van der Waals surface area contributed by atoms with E-state index in [1.807, 2.05) is 50.8 Å². The SMILES string of the molecule is Cc1ccc(CCCC(=O)N[C@H](CCC(=O)OC(C)(C)C)C(=O)N[C@H](CCCCNC(=O)CNC(=O)CNC(=O)CNC(=O)CC[C@H](C(=O)OC(C)(C)C)N2CCN(CC(=O)OC(C)(C)C)CCN(CC(=O)OC(C)(C)C)CCN(CC(=O)OC(C)(C)C)CC2)C(=O)NCCOCCOCC(=O)N[C@H](CCC(=O)OC(C)(C)C)C(=O)N[C@H](CCC(=O)OC(C)(C)C)C(=O)N[C@H](CCC(=O)OC(C)(C)C)C(=O)NCCC(=O)O)cc1. The lowest BCUT2D eigenvalue weighted by Gasteiger charge is -2.37. The van der Waals surface area contributed by atoms with Gasteiger partial charge in [-0.15, -0.1) is 0 Å². The zero-order valence-corrected chi connectivity index (χ0v) is 92.6. The molecule has 0 saturated carbocycles. The quantitative estimate of drug-likeness (QED) is 0.0253. The first kappa shape index (κ1) is 133. The topological polar surface area (TPSA) is 599 Å². The molecule has 12 N–H and O–H groups in total. The van der Waals surface area contributed by atoms with Crippen LogP contribution in [-0.4, -0.2) is 362 Å². The van der Waals surface area contributed by atoms with Gasteiger partial charge in [0.25, 0.3) is 0 Å². The van der Waals surface area contributed by atoms with Crippen LogP contribution in [-0.2, 0) is 150 Å². The summed E-state index contributed by atoms with van der Waals surface area (Å²) in [5.41, 5.74) is -5.11. The zero-order chi connectivity index (χ0) is 113. The van der Waals surface area contributed by atoms with Crippen molar-refractivity contribution in [2.75, 3.05) is 138 Å². The molecule has 46 heteroatoms. The number of carbonyl (C=O) groups excluding carboxylic acids is 19. The number of benzene rings is 1. The lowest BCUT2D eigenvalue weighted by molar-refractivity contribution is -0.163. The standard InChI is InChI=1S/C103H173N15O31/c1-68-32-34-69(35-33-68)29-28-31-77(120)110-72(37-43-84(128)143-97(5,6)7)92(136)112-70(90(134)106-49-58-140-59-60-141-67-81(124)111-73(38-44-85(129)144-98(8,9)10)93(137)114-74(39-45-86(130)145-99(11,12)13)94(138)113-71(91(135)105-48-46-82(125)126)36-42-83(127)142-96(2,3)4)30-26-27-47-104-78(121)61-108-80(123)63-109-79(122)62-107-76(119)41-40-75(95(139)149-103(23,24)25)118-56-54-116(65-88(132)147-101(17,18)19)52-50-115(64-87(131)146-100(14,15)16)51-53-117(55-57-118)66-89(133)148-102(20,21)22/h32-35,70-75H,26-31,36-67H2,1-25H3,(H,104,121)(H,105,135)(H,106,134)(H,107,119)(H,108,123)(H,109,122)(H,110,120)(H,111,124)(H,112,136)(H,113,138)(H,114,137)(H,125,126)/t70-,71-,72-,73-,74-,75-/m1/s1. The van der Waals surface area contributed by atoms with Crippen molar-refractivity contribution in [3.05, 3.63) is 35.4 Å². The highest BCUT2D eigenvalue weighted by Crippen LogP contribution is 2.22. The minimum absolute atomic E-state index is 0.000383. The summed E-state index contributed by atoms with van der Waals surface area (Å²) in [6.07, 6.45) is -2.71. The third-order valence-electron chi connectivity index (χ3n) is 20.7. The highest BCUT2D eigenvalue weighted by molar-refractivity contribution is 5.96. The van der Waals surface area contributed by atoms with Gasteiger partial charge in [-0.3, -0.25) is 115 Å². The number of carbonyl (C=O) groups is 20. The van der Waals surface area contributed by atoms with E-state index in [1.54, 1.807) is 166 Å². The average molecular weight is 2120 g/mol. The smallest absolute Gasteiger partial charge is 0.323 e. The van der Waals surface area contributed by atoms with Gasteiger partial charge in [-0.05, 0) is 243 Å². The number of rotatable bonds is 59. The molecule has 1 aromatic carbocycles. The molecule has 1 heterocycles. The minimum Gasteiger partial charge on any atom is -0.481 e.